The molecular formula is C13H6Cl2F2O. The summed E-state index contributed by atoms with van der Waals surface area (Å²) < 4.78 is 26.9. The van der Waals surface area contributed by atoms with Crippen molar-refractivity contribution in [2.24, 2.45) is 0 Å². The molecule has 0 fully saturated rings. The van der Waals surface area contributed by atoms with Crippen LogP contribution < -0.4 is 0 Å². The molecule has 0 unspecified atom stereocenters. The Labute approximate surface area is 112 Å². The van der Waals surface area contributed by atoms with Gasteiger partial charge in [-0.2, -0.15) is 0 Å². The van der Waals surface area contributed by atoms with Gasteiger partial charge in [0.2, 0.25) is 0 Å². The van der Waals surface area contributed by atoms with Gasteiger partial charge in [0.25, 0.3) is 0 Å². The first kappa shape index (κ1) is 13.0. The van der Waals surface area contributed by atoms with Gasteiger partial charge in [-0.1, -0.05) is 29.3 Å². The topological polar surface area (TPSA) is 17.1 Å². The molecule has 0 spiro atoms. The molecule has 0 aliphatic rings. The van der Waals surface area contributed by atoms with Crippen molar-refractivity contribution in [3.63, 3.8) is 0 Å². The molecular weight excluding hydrogens is 281 g/mol. The lowest BCUT2D eigenvalue weighted by Gasteiger charge is -2.05. The second kappa shape index (κ2) is 5.04. The zero-order chi connectivity index (χ0) is 13.3. The van der Waals surface area contributed by atoms with Gasteiger partial charge in [0.1, 0.15) is 11.6 Å². The van der Waals surface area contributed by atoms with E-state index in [4.69, 9.17) is 23.2 Å². The van der Waals surface area contributed by atoms with Gasteiger partial charge in [0.15, 0.2) is 5.78 Å². The molecule has 0 atom stereocenters. The molecule has 5 heteroatoms. The Morgan fingerprint density at radius 3 is 1.94 bits per heavy atom. The van der Waals surface area contributed by atoms with Crippen LogP contribution in [-0.4, -0.2) is 5.78 Å². The lowest BCUT2D eigenvalue weighted by molar-refractivity contribution is 0.103. The van der Waals surface area contributed by atoms with Crippen LogP contribution >= 0.6 is 23.2 Å². The van der Waals surface area contributed by atoms with E-state index in [0.29, 0.717) is 0 Å². The summed E-state index contributed by atoms with van der Waals surface area (Å²) in [6, 6.07) is 7.26. The zero-order valence-electron chi connectivity index (χ0n) is 8.88. The average molecular weight is 287 g/mol. The highest BCUT2D eigenvalue weighted by Crippen LogP contribution is 2.23. The number of rotatable bonds is 2. The summed E-state index contributed by atoms with van der Waals surface area (Å²) in [4.78, 5) is 12.0. The first-order chi connectivity index (χ1) is 8.49. The molecule has 0 saturated heterocycles. The Bertz CT molecular complexity index is 586. The van der Waals surface area contributed by atoms with E-state index >= 15 is 0 Å². The van der Waals surface area contributed by atoms with Crippen molar-refractivity contribution < 1.29 is 13.6 Å². The van der Waals surface area contributed by atoms with Crippen LogP contribution in [0.15, 0.2) is 36.4 Å². The summed E-state index contributed by atoms with van der Waals surface area (Å²) in [7, 11) is 0. The Balaban J connectivity index is 2.55. The van der Waals surface area contributed by atoms with Crippen LogP contribution in [-0.2, 0) is 0 Å². The third-order valence-corrected chi connectivity index (χ3v) is 2.75. The van der Waals surface area contributed by atoms with Gasteiger partial charge in [-0.15, -0.1) is 0 Å². The van der Waals surface area contributed by atoms with Crippen LogP contribution in [0.25, 0.3) is 0 Å². The Kier molecular flexibility index (Phi) is 3.64. The van der Waals surface area contributed by atoms with Crippen LogP contribution in [0.5, 0.6) is 0 Å². The van der Waals surface area contributed by atoms with Gasteiger partial charge in [0, 0.05) is 15.6 Å². The summed E-state index contributed by atoms with van der Waals surface area (Å²) in [5, 5.41) is 0.449. The van der Waals surface area contributed by atoms with Gasteiger partial charge >= 0.3 is 0 Å². The lowest BCUT2D eigenvalue weighted by Crippen LogP contribution is -2.07. The van der Waals surface area contributed by atoms with E-state index in [1.54, 1.807) is 0 Å². The largest absolute Gasteiger partial charge is 0.288 e. The molecule has 0 aliphatic carbocycles. The van der Waals surface area contributed by atoms with Crippen molar-refractivity contribution >= 4 is 29.0 Å². The SMILES string of the molecule is O=C(c1cc(Cl)cc(Cl)c1)c1c(F)cccc1F. The number of halogens is 4. The maximum absolute atomic E-state index is 13.5. The van der Waals surface area contributed by atoms with Gasteiger partial charge in [-0.25, -0.2) is 8.78 Å². The molecule has 0 amide bonds. The number of carbonyl (C=O) groups excluding carboxylic acids is 1. The van der Waals surface area contributed by atoms with Crippen molar-refractivity contribution in [1.82, 2.24) is 0 Å². The van der Waals surface area contributed by atoms with Crippen LogP contribution in [0.2, 0.25) is 10.0 Å². The summed E-state index contributed by atoms with van der Waals surface area (Å²) >= 11 is 11.5. The first-order valence-electron chi connectivity index (χ1n) is 4.94. The minimum absolute atomic E-state index is 0.0384. The first-order valence-corrected chi connectivity index (χ1v) is 5.69. The molecule has 2 rings (SSSR count). The molecule has 0 heterocycles. The van der Waals surface area contributed by atoms with E-state index in [1.807, 2.05) is 0 Å². The summed E-state index contributed by atoms with van der Waals surface area (Å²) in [5.41, 5.74) is -0.577. The van der Waals surface area contributed by atoms with Crippen LogP contribution in [0.3, 0.4) is 0 Å². The molecule has 92 valence electrons. The Morgan fingerprint density at radius 1 is 0.944 bits per heavy atom. The Hall–Kier alpha value is -1.45. The maximum atomic E-state index is 13.5. The van der Waals surface area contributed by atoms with E-state index in [2.05, 4.69) is 0 Å². The van der Waals surface area contributed by atoms with Crippen molar-refractivity contribution in [2.45, 2.75) is 0 Å². The van der Waals surface area contributed by atoms with Crippen LogP contribution in [0, 0.1) is 11.6 Å². The van der Waals surface area contributed by atoms with E-state index < -0.39 is 23.0 Å². The van der Waals surface area contributed by atoms with Gasteiger partial charge in [-0.05, 0) is 30.3 Å². The third-order valence-electron chi connectivity index (χ3n) is 2.31. The fraction of sp³-hybridized carbons (Fsp3) is 0. The number of hydrogen-bond acceptors (Lipinski definition) is 1. The number of carbonyl (C=O) groups is 1. The minimum Gasteiger partial charge on any atom is -0.288 e. The van der Waals surface area contributed by atoms with E-state index in [0.717, 1.165) is 12.1 Å². The van der Waals surface area contributed by atoms with E-state index in [-0.39, 0.29) is 15.6 Å². The minimum atomic E-state index is -0.920. The monoisotopic (exact) mass is 286 g/mol. The van der Waals surface area contributed by atoms with E-state index in [9.17, 15) is 13.6 Å². The van der Waals surface area contributed by atoms with Crippen LogP contribution in [0.4, 0.5) is 8.78 Å². The maximum Gasteiger partial charge on any atom is 0.199 e. The average Bonchev–Trinajstić information content (AvgIpc) is 2.27. The number of hydrogen-bond donors (Lipinski definition) is 0. The van der Waals surface area contributed by atoms with Crippen LogP contribution in [0.1, 0.15) is 15.9 Å². The summed E-state index contributed by atoms with van der Waals surface area (Å²) in [6.07, 6.45) is 0. The molecule has 18 heavy (non-hydrogen) atoms. The fourth-order valence-electron chi connectivity index (χ4n) is 1.54. The quantitative estimate of drug-likeness (QED) is 0.743. The molecule has 2 aromatic rings. The lowest BCUT2D eigenvalue weighted by atomic mass is 10.0. The predicted molar refractivity (Wildman–Crippen MR) is 66.3 cm³/mol. The fourth-order valence-corrected chi connectivity index (χ4v) is 2.07. The zero-order valence-corrected chi connectivity index (χ0v) is 10.4. The normalized spacial score (nSPS) is 10.4. The number of benzene rings is 2. The molecule has 1 nitrogen and oxygen atoms in total. The molecule has 0 saturated carbocycles. The highest BCUT2D eigenvalue weighted by Gasteiger charge is 2.19. The van der Waals surface area contributed by atoms with Crippen molar-refractivity contribution in [2.75, 3.05) is 0 Å². The second-order valence-electron chi connectivity index (χ2n) is 3.58. The van der Waals surface area contributed by atoms with Gasteiger partial charge < -0.3 is 0 Å². The predicted octanol–water partition coefficient (Wildman–Crippen LogP) is 4.50. The summed E-state index contributed by atoms with van der Waals surface area (Å²) in [5.74, 6) is -2.64. The van der Waals surface area contributed by atoms with Gasteiger partial charge in [0.05, 0.1) is 5.56 Å². The molecule has 0 radical (unpaired) electrons. The molecule has 0 aliphatic heterocycles. The smallest absolute Gasteiger partial charge is 0.199 e. The standard InChI is InChI=1S/C13H6Cl2F2O/c14-8-4-7(5-9(15)6-8)13(18)12-10(16)2-1-3-11(12)17/h1-6H. The molecule has 0 aromatic heterocycles. The van der Waals surface area contributed by atoms with E-state index in [1.165, 1.54) is 24.3 Å². The van der Waals surface area contributed by atoms with Crippen molar-refractivity contribution in [3.8, 4) is 0 Å². The Morgan fingerprint density at radius 2 is 1.44 bits per heavy atom. The summed E-state index contributed by atoms with van der Waals surface area (Å²) in [6.45, 7) is 0. The third kappa shape index (κ3) is 2.52. The molecule has 0 bridgehead atoms. The molecule has 0 N–H and O–H groups in total. The molecule has 2 aromatic carbocycles. The van der Waals surface area contributed by atoms with Crippen molar-refractivity contribution in [1.29, 1.82) is 0 Å². The van der Waals surface area contributed by atoms with Crippen molar-refractivity contribution in [3.05, 3.63) is 69.2 Å². The second-order valence-corrected chi connectivity index (χ2v) is 4.46. The highest BCUT2D eigenvalue weighted by atomic mass is 35.5. The highest BCUT2D eigenvalue weighted by molar-refractivity contribution is 6.35. The number of ketones is 1. The van der Waals surface area contributed by atoms with Gasteiger partial charge in [-0.3, -0.25) is 4.79 Å².